The molecule has 2 nitrogen and oxygen atoms in total. The van der Waals surface area contributed by atoms with E-state index in [2.05, 4.69) is 0 Å². The molecule has 1 aliphatic rings. The second-order valence-corrected chi connectivity index (χ2v) is 4.54. The van der Waals surface area contributed by atoms with Gasteiger partial charge in [0, 0.05) is 0 Å². The molecular formula is C13H19NO. The number of benzene rings is 1. The average molecular weight is 205 g/mol. The quantitative estimate of drug-likeness (QED) is 0.779. The average Bonchev–Trinajstić information content (AvgIpc) is 2.30. The zero-order chi connectivity index (χ0) is 10.7. The molecule has 0 unspecified atom stereocenters. The third-order valence-electron chi connectivity index (χ3n) is 3.54. The molecule has 0 bridgehead atoms. The van der Waals surface area contributed by atoms with E-state index in [4.69, 9.17) is 5.73 Å². The highest BCUT2D eigenvalue weighted by atomic mass is 16.3. The van der Waals surface area contributed by atoms with Crippen LogP contribution in [0.3, 0.4) is 0 Å². The Kier molecular flexibility index (Phi) is 3.27. The third-order valence-corrected chi connectivity index (χ3v) is 3.54. The van der Waals surface area contributed by atoms with Gasteiger partial charge < -0.3 is 10.8 Å². The molecule has 0 spiro atoms. The van der Waals surface area contributed by atoms with Gasteiger partial charge in [0.15, 0.2) is 0 Å². The predicted octanol–water partition coefficient (Wildman–Crippen LogP) is 2.62. The highest BCUT2D eigenvalue weighted by Gasteiger charge is 2.21. The van der Waals surface area contributed by atoms with E-state index in [9.17, 15) is 5.11 Å². The van der Waals surface area contributed by atoms with Crippen molar-refractivity contribution in [3.8, 4) is 5.75 Å². The van der Waals surface area contributed by atoms with Gasteiger partial charge in [-0.2, -0.15) is 0 Å². The van der Waals surface area contributed by atoms with Gasteiger partial charge in [-0.05, 0) is 61.8 Å². The molecule has 0 atom stereocenters. The van der Waals surface area contributed by atoms with Crippen LogP contribution in [0.5, 0.6) is 5.75 Å². The maximum atomic E-state index is 9.22. The molecule has 2 heteroatoms. The first kappa shape index (κ1) is 10.5. The zero-order valence-corrected chi connectivity index (χ0v) is 9.02. The number of rotatable bonds is 2. The van der Waals surface area contributed by atoms with Crippen LogP contribution < -0.4 is 5.73 Å². The van der Waals surface area contributed by atoms with Crippen molar-refractivity contribution in [1.29, 1.82) is 0 Å². The maximum absolute atomic E-state index is 9.22. The molecule has 0 heterocycles. The van der Waals surface area contributed by atoms with Crippen LogP contribution in [0.25, 0.3) is 0 Å². The van der Waals surface area contributed by atoms with Crippen molar-refractivity contribution >= 4 is 0 Å². The van der Waals surface area contributed by atoms with Crippen molar-refractivity contribution in [1.82, 2.24) is 0 Å². The molecule has 0 aliphatic heterocycles. The number of phenolic OH excluding ortho intramolecular Hbond substituents is 1. The molecule has 0 amide bonds. The summed E-state index contributed by atoms with van der Waals surface area (Å²) in [7, 11) is 0. The molecule has 1 aliphatic carbocycles. The number of hydrogen-bond donors (Lipinski definition) is 2. The number of phenols is 1. The van der Waals surface area contributed by atoms with Crippen molar-refractivity contribution < 1.29 is 5.11 Å². The molecule has 0 saturated heterocycles. The molecule has 0 radical (unpaired) electrons. The Morgan fingerprint density at radius 2 is 1.67 bits per heavy atom. The lowest BCUT2D eigenvalue weighted by atomic mass is 9.79. The third kappa shape index (κ3) is 2.51. The van der Waals surface area contributed by atoms with Gasteiger partial charge in [0.05, 0.1) is 0 Å². The monoisotopic (exact) mass is 205 g/mol. The van der Waals surface area contributed by atoms with E-state index in [1.165, 1.54) is 31.2 Å². The van der Waals surface area contributed by atoms with Crippen LogP contribution in [0.2, 0.25) is 0 Å². The van der Waals surface area contributed by atoms with E-state index in [1.807, 2.05) is 12.1 Å². The molecule has 82 valence electrons. The topological polar surface area (TPSA) is 46.2 Å². The molecule has 2 rings (SSSR count). The van der Waals surface area contributed by atoms with Gasteiger partial charge in [0.25, 0.3) is 0 Å². The minimum atomic E-state index is 0.356. The molecule has 0 aromatic heterocycles. The van der Waals surface area contributed by atoms with Gasteiger partial charge >= 0.3 is 0 Å². The van der Waals surface area contributed by atoms with Gasteiger partial charge in [0.2, 0.25) is 0 Å². The summed E-state index contributed by atoms with van der Waals surface area (Å²) in [6, 6.07) is 7.65. The minimum Gasteiger partial charge on any atom is -0.508 e. The van der Waals surface area contributed by atoms with Crippen LogP contribution >= 0.6 is 0 Å². The summed E-state index contributed by atoms with van der Waals surface area (Å²) in [5.74, 6) is 1.76. The predicted molar refractivity (Wildman–Crippen MR) is 61.9 cm³/mol. The fraction of sp³-hybridized carbons (Fsp3) is 0.538. The summed E-state index contributed by atoms with van der Waals surface area (Å²) in [6.45, 7) is 0.836. The zero-order valence-electron chi connectivity index (χ0n) is 9.02. The summed E-state index contributed by atoms with van der Waals surface area (Å²) < 4.78 is 0. The Morgan fingerprint density at radius 3 is 2.20 bits per heavy atom. The summed E-state index contributed by atoms with van der Waals surface area (Å²) >= 11 is 0. The van der Waals surface area contributed by atoms with Crippen molar-refractivity contribution in [2.45, 2.75) is 31.6 Å². The van der Waals surface area contributed by atoms with Crippen LogP contribution in [-0.4, -0.2) is 11.7 Å². The number of nitrogens with two attached hydrogens (primary N) is 1. The van der Waals surface area contributed by atoms with Crippen LogP contribution in [0, 0.1) is 5.92 Å². The molecule has 15 heavy (non-hydrogen) atoms. The van der Waals surface area contributed by atoms with Gasteiger partial charge in [-0.1, -0.05) is 12.1 Å². The minimum absolute atomic E-state index is 0.356. The Balaban J connectivity index is 1.98. The van der Waals surface area contributed by atoms with E-state index < -0.39 is 0 Å². The van der Waals surface area contributed by atoms with Gasteiger partial charge in [0.1, 0.15) is 5.75 Å². The van der Waals surface area contributed by atoms with Crippen LogP contribution in [0.15, 0.2) is 24.3 Å². The second-order valence-electron chi connectivity index (χ2n) is 4.54. The number of aromatic hydroxyl groups is 1. The lowest BCUT2D eigenvalue weighted by Gasteiger charge is -2.27. The fourth-order valence-corrected chi connectivity index (χ4v) is 2.48. The van der Waals surface area contributed by atoms with E-state index >= 15 is 0 Å². The molecule has 3 N–H and O–H groups in total. The summed E-state index contributed by atoms with van der Waals surface area (Å²) in [4.78, 5) is 0. The summed E-state index contributed by atoms with van der Waals surface area (Å²) in [6.07, 6.45) is 4.99. The highest BCUT2D eigenvalue weighted by Crippen LogP contribution is 2.35. The fourth-order valence-electron chi connectivity index (χ4n) is 2.48. The van der Waals surface area contributed by atoms with Gasteiger partial charge in [-0.25, -0.2) is 0 Å². The Bertz CT molecular complexity index is 299. The molecule has 1 fully saturated rings. The summed E-state index contributed by atoms with van der Waals surface area (Å²) in [5.41, 5.74) is 7.04. The van der Waals surface area contributed by atoms with Crippen LogP contribution in [0.1, 0.15) is 37.2 Å². The second kappa shape index (κ2) is 4.67. The van der Waals surface area contributed by atoms with Crippen molar-refractivity contribution in [2.75, 3.05) is 6.54 Å². The first-order valence-corrected chi connectivity index (χ1v) is 5.78. The molecular weight excluding hydrogens is 186 g/mol. The smallest absolute Gasteiger partial charge is 0.115 e. The van der Waals surface area contributed by atoms with E-state index in [1.54, 1.807) is 12.1 Å². The first-order chi connectivity index (χ1) is 7.29. The highest BCUT2D eigenvalue weighted by molar-refractivity contribution is 5.28. The Hall–Kier alpha value is -1.02. The lowest BCUT2D eigenvalue weighted by molar-refractivity contribution is 0.332. The van der Waals surface area contributed by atoms with Crippen molar-refractivity contribution in [3.05, 3.63) is 29.8 Å². The summed E-state index contributed by atoms with van der Waals surface area (Å²) in [5, 5.41) is 9.22. The van der Waals surface area contributed by atoms with Gasteiger partial charge in [-0.15, -0.1) is 0 Å². The van der Waals surface area contributed by atoms with Crippen molar-refractivity contribution in [3.63, 3.8) is 0 Å². The van der Waals surface area contributed by atoms with E-state index in [-0.39, 0.29) is 0 Å². The first-order valence-electron chi connectivity index (χ1n) is 5.78. The van der Waals surface area contributed by atoms with E-state index in [0.717, 1.165) is 12.5 Å². The standard InChI is InChI=1S/C13H19NO/c14-9-10-1-3-11(4-2-10)12-5-7-13(15)8-6-12/h5-8,10-11,15H,1-4,9,14H2. The molecule has 1 aromatic carbocycles. The van der Waals surface area contributed by atoms with Crippen LogP contribution in [0.4, 0.5) is 0 Å². The Morgan fingerprint density at radius 1 is 1.07 bits per heavy atom. The largest absolute Gasteiger partial charge is 0.508 e. The lowest BCUT2D eigenvalue weighted by Crippen LogP contribution is -2.20. The van der Waals surface area contributed by atoms with Gasteiger partial charge in [-0.3, -0.25) is 0 Å². The van der Waals surface area contributed by atoms with E-state index in [0.29, 0.717) is 11.7 Å². The van der Waals surface area contributed by atoms with Crippen molar-refractivity contribution in [2.24, 2.45) is 11.7 Å². The number of hydrogen-bond acceptors (Lipinski definition) is 2. The maximum Gasteiger partial charge on any atom is 0.115 e. The van der Waals surface area contributed by atoms with Crippen LogP contribution in [-0.2, 0) is 0 Å². The Labute approximate surface area is 91.1 Å². The molecule has 1 aromatic rings. The normalized spacial score (nSPS) is 26.5. The SMILES string of the molecule is NCC1CCC(c2ccc(O)cc2)CC1. The molecule has 1 saturated carbocycles.